The summed E-state index contributed by atoms with van der Waals surface area (Å²) in [6, 6.07) is 1.59. The van der Waals surface area contributed by atoms with Gasteiger partial charge in [-0.25, -0.2) is 4.79 Å². The SMILES string of the molecule is CC(C)N1C(=O)NC(=N)C1c1cc(Br)cs1. The molecule has 0 radical (unpaired) electrons. The van der Waals surface area contributed by atoms with E-state index in [9.17, 15) is 4.79 Å². The monoisotopic (exact) mass is 301 g/mol. The molecule has 1 unspecified atom stereocenters. The number of amidine groups is 1. The van der Waals surface area contributed by atoms with Crippen molar-refractivity contribution in [2.45, 2.75) is 25.9 Å². The topological polar surface area (TPSA) is 56.2 Å². The lowest BCUT2D eigenvalue weighted by Gasteiger charge is -2.25. The van der Waals surface area contributed by atoms with Crippen molar-refractivity contribution in [1.82, 2.24) is 10.2 Å². The van der Waals surface area contributed by atoms with Crippen LogP contribution in [0.25, 0.3) is 0 Å². The molecule has 1 fully saturated rings. The summed E-state index contributed by atoms with van der Waals surface area (Å²) >= 11 is 4.94. The number of carbonyl (C=O) groups is 1. The molecule has 1 saturated heterocycles. The van der Waals surface area contributed by atoms with E-state index in [4.69, 9.17) is 5.41 Å². The van der Waals surface area contributed by atoms with Crippen LogP contribution in [0.2, 0.25) is 0 Å². The van der Waals surface area contributed by atoms with Crippen molar-refractivity contribution >= 4 is 39.1 Å². The molecule has 0 bridgehead atoms. The summed E-state index contributed by atoms with van der Waals surface area (Å²) < 4.78 is 0.989. The average molecular weight is 302 g/mol. The fourth-order valence-electron chi connectivity index (χ4n) is 1.79. The van der Waals surface area contributed by atoms with E-state index in [1.165, 1.54) is 0 Å². The smallest absolute Gasteiger partial charge is 0.307 e. The van der Waals surface area contributed by atoms with Gasteiger partial charge in [-0.05, 0) is 35.8 Å². The molecule has 2 N–H and O–H groups in total. The summed E-state index contributed by atoms with van der Waals surface area (Å²) in [4.78, 5) is 14.4. The lowest BCUT2D eigenvalue weighted by molar-refractivity contribution is 0.191. The van der Waals surface area contributed by atoms with E-state index in [-0.39, 0.29) is 24.0 Å². The van der Waals surface area contributed by atoms with Crippen LogP contribution in [0, 0.1) is 5.41 Å². The Bertz CT molecular complexity index is 443. The Morgan fingerprint density at radius 1 is 1.62 bits per heavy atom. The highest BCUT2D eigenvalue weighted by atomic mass is 79.9. The molecule has 1 atom stereocenters. The molecule has 2 amide bonds. The molecular formula is C10H12BrN3OS. The van der Waals surface area contributed by atoms with Crippen LogP contribution in [0.5, 0.6) is 0 Å². The summed E-state index contributed by atoms with van der Waals surface area (Å²) in [5, 5.41) is 12.4. The van der Waals surface area contributed by atoms with Crippen LogP contribution in [-0.2, 0) is 0 Å². The molecule has 4 nitrogen and oxygen atoms in total. The molecule has 2 rings (SSSR count). The zero-order chi connectivity index (χ0) is 11.9. The number of thiophene rings is 1. The maximum absolute atomic E-state index is 11.7. The number of nitrogens with one attached hydrogen (secondary N) is 2. The Morgan fingerprint density at radius 3 is 2.81 bits per heavy atom. The van der Waals surface area contributed by atoms with Crippen molar-refractivity contribution in [3.05, 3.63) is 20.8 Å². The quantitative estimate of drug-likeness (QED) is 0.867. The molecule has 6 heteroatoms. The van der Waals surface area contributed by atoms with Gasteiger partial charge in [0.15, 0.2) is 0 Å². The number of hydrogen-bond acceptors (Lipinski definition) is 3. The normalized spacial score (nSPS) is 20.8. The van der Waals surface area contributed by atoms with E-state index >= 15 is 0 Å². The molecule has 0 saturated carbocycles. The third-order valence-corrected chi connectivity index (χ3v) is 4.19. The average Bonchev–Trinajstić information content (AvgIpc) is 2.69. The van der Waals surface area contributed by atoms with Gasteiger partial charge in [0.05, 0.1) is 0 Å². The molecule has 1 aliphatic heterocycles. The zero-order valence-electron chi connectivity index (χ0n) is 8.95. The first-order chi connectivity index (χ1) is 7.50. The highest BCUT2D eigenvalue weighted by Crippen LogP contribution is 2.33. The summed E-state index contributed by atoms with van der Waals surface area (Å²) in [6.07, 6.45) is 0. The van der Waals surface area contributed by atoms with Gasteiger partial charge in [0.2, 0.25) is 0 Å². The number of amides is 2. The molecule has 2 heterocycles. The van der Waals surface area contributed by atoms with Crippen molar-refractivity contribution in [3.63, 3.8) is 0 Å². The van der Waals surface area contributed by atoms with Gasteiger partial charge < -0.3 is 4.90 Å². The van der Waals surface area contributed by atoms with Crippen LogP contribution in [-0.4, -0.2) is 22.8 Å². The standard InChI is InChI=1S/C10H12BrN3OS/c1-5(2)14-8(9(12)13-10(14)15)7-3-6(11)4-16-7/h3-5,8H,1-2H3,(H2,12,13,15). The molecule has 86 valence electrons. The number of halogens is 1. The Labute approximate surface area is 106 Å². The number of nitrogens with zero attached hydrogens (tertiary/aromatic N) is 1. The van der Waals surface area contributed by atoms with Crippen LogP contribution < -0.4 is 5.32 Å². The van der Waals surface area contributed by atoms with Gasteiger partial charge in [-0.3, -0.25) is 10.7 Å². The minimum atomic E-state index is -0.260. The second-order valence-electron chi connectivity index (χ2n) is 3.91. The molecule has 0 spiro atoms. The minimum Gasteiger partial charge on any atom is -0.307 e. The van der Waals surface area contributed by atoms with Crippen molar-refractivity contribution in [2.75, 3.05) is 0 Å². The van der Waals surface area contributed by atoms with Crippen molar-refractivity contribution in [1.29, 1.82) is 5.41 Å². The Balaban J connectivity index is 2.37. The van der Waals surface area contributed by atoms with Crippen molar-refractivity contribution in [2.24, 2.45) is 0 Å². The zero-order valence-corrected chi connectivity index (χ0v) is 11.4. The number of rotatable bonds is 2. The van der Waals surface area contributed by atoms with Gasteiger partial charge in [-0.2, -0.15) is 0 Å². The maximum Gasteiger partial charge on any atom is 0.323 e. The fourth-order valence-corrected chi connectivity index (χ4v) is 3.34. The van der Waals surface area contributed by atoms with Gasteiger partial charge in [0, 0.05) is 20.8 Å². The molecule has 1 aromatic rings. The lowest BCUT2D eigenvalue weighted by atomic mass is 10.2. The summed E-state index contributed by atoms with van der Waals surface area (Å²) in [6.45, 7) is 3.90. The first kappa shape index (κ1) is 11.6. The first-order valence-electron chi connectivity index (χ1n) is 4.92. The molecule has 0 aromatic carbocycles. The first-order valence-corrected chi connectivity index (χ1v) is 6.59. The largest absolute Gasteiger partial charge is 0.323 e. The Kier molecular flexibility index (Phi) is 3.03. The maximum atomic E-state index is 11.7. The minimum absolute atomic E-state index is 0.0775. The van der Waals surface area contributed by atoms with E-state index in [1.54, 1.807) is 16.2 Å². The molecular weight excluding hydrogens is 290 g/mol. The van der Waals surface area contributed by atoms with Gasteiger partial charge in [0.25, 0.3) is 0 Å². The lowest BCUT2D eigenvalue weighted by Crippen LogP contribution is -2.35. The second-order valence-corrected chi connectivity index (χ2v) is 5.77. The van der Waals surface area contributed by atoms with Crippen LogP contribution in [0.3, 0.4) is 0 Å². The van der Waals surface area contributed by atoms with Crippen molar-refractivity contribution in [3.8, 4) is 0 Å². The summed E-state index contributed by atoms with van der Waals surface area (Å²) in [7, 11) is 0. The predicted octanol–water partition coefficient (Wildman–Crippen LogP) is 2.96. The summed E-state index contributed by atoms with van der Waals surface area (Å²) in [5.74, 6) is 0.257. The van der Waals surface area contributed by atoms with Crippen LogP contribution >= 0.6 is 27.3 Å². The third kappa shape index (κ3) is 1.87. The second kappa shape index (κ2) is 4.18. The van der Waals surface area contributed by atoms with Gasteiger partial charge in [0.1, 0.15) is 11.9 Å². The number of carbonyl (C=O) groups excluding carboxylic acids is 1. The fraction of sp³-hybridized carbons (Fsp3) is 0.400. The van der Waals surface area contributed by atoms with E-state index in [0.717, 1.165) is 9.35 Å². The predicted molar refractivity (Wildman–Crippen MR) is 68.0 cm³/mol. The van der Waals surface area contributed by atoms with Gasteiger partial charge in [-0.1, -0.05) is 0 Å². The third-order valence-electron chi connectivity index (χ3n) is 2.44. The van der Waals surface area contributed by atoms with E-state index in [2.05, 4.69) is 21.2 Å². The Hall–Kier alpha value is -0.880. The molecule has 16 heavy (non-hydrogen) atoms. The van der Waals surface area contributed by atoms with Crippen LogP contribution in [0.1, 0.15) is 24.8 Å². The van der Waals surface area contributed by atoms with Crippen LogP contribution in [0.15, 0.2) is 15.9 Å². The number of urea groups is 1. The van der Waals surface area contributed by atoms with Crippen LogP contribution in [0.4, 0.5) is 4.79 Å². The molecule has 0 aliphatic carbocycles. The Morgan fingerprint density at radius 2 is 2.31 bits per heavy atom. The van der Waals surface area contributed by atoms with E-state index < -0.39 is 0 Å². The van der Waals surface area contributed by atoms with E-state index in [0.29, 0.717) is 0 Å². The highest BCUT2D eigenvalue weighted by Gasteiger charge is 2.38. The van der Waals surface area contributed by atoms with Gasteiger partial charge >= 0.3 is 6.03 Å². The van der Waals surface area contributed by atoms with Gasteiger partial charge in [-0.15, -0.1) is 11.3 Å². The van der Waals surface area contributed by atoms with Crippen molar-refractivity contribution < 1.29 is 4.79 Å². The molecule has 1 aliphatic rings. The highest BCUT2D eigenvalue weighted by molar-refractivity contribution is 9.10. The van der Waals surface area contributed by atoms with E-state index in [1.807, 2.05) is 25.3 Å². The molecule has 1 aromatic heterocycles. The number of hydrogen-bond donors (Lipinski definition) is 2. The summed E-state index contributed by atoms with van der Waals surface area (Å²) in [5.41, 5.74) is 0.